The molecule has 0 radical (unpaired) electrons. The first-order chi connectivity index (χ1) is 11.7. The number of benzene rings is 2. The maximum Gasteiger partial charge on any atom is 0.269 e. The molecule has 2 aromatic rings. The summed E-state index contributed by atoms with van der Waals surface area (Å²) in [5.74, 6) is 0.872. The fourth-order valence-electron chi connectivity index (χ4n) is 2.01. The van der Waals surface area contributed by atoms with Gasteiger partial charge in [-0.2, -0.15) is 0 Å². The summed E-state index contributed by atoms with van der Waals surface area (Å²) in [5.41, 5.74) is 2.11. The van der Waals surface area contributed by atoms with Crippen molar-refractivity contribution in [3.63, 3.8) is 0 Å². The third kappa shape index (κ3) is 5.57. The van der Waals surface area contributed by atoms with Crippen molar-refractivity contribution < 1.29 is 9.66 Å². The van der Waals surface area contributed by atoms with Gasteiger partial charge in [0.1, 0.15) is 5.75 Å². The van der Waals surface area contributed by atoms with Crippen LogP contribution >= 0.6 is 0 Å². The Balaban J connectivity index is 1.85. The van der Waals surface area contributed by atoms with Crippen molar-refractivity contribution in [2.24, 2.45) is 0 Å². The lowest BCUT2D eigenvalue weighted by Gasteiger charge is -2.01. The predicted molar refractivity (Wildman–Crippen MR) is 97.9 cm³/mol. The number of rotatable bonds is 7. The van der Waals surface area contributed by atoms with E-state index in [1.54, 1.807) is 12.1 Å². The number of allylic oxidation sites excluding steroid dienone is 4. The van der Waals surface area contributed by atoms with Crippen LogP contribution in [0.2, 0.25) is 0 Å². The summed E-state index contributed by atoms with van der Waals surface area (Å²) in [4.78, 5) is 10.2. The highest BCUT2D eigenvalue weighted by Gasteiger charge is 2.01. The summed E-state index contributed by atoms with van der Waals surface area (Å²) >= 11 is 0. The highest BCUT2D eigenvalue weighted by molar-refractivity contribution is 5.55. The molecule has 0 aliphatic carbocycles. The third-order valence-corrected chi connectivity index (χ3v) is 3.21. The minimum atomic E-state index is -0.404. The van der Waals surface area contributed by atoms with Crippen LogP contribution in [0.4, 0.5) is 5.69 Å². The number of nitrogens with zero attached hydrogens (tertiary/aromatic N) is 1. The molecule has 0 fully saturated rings. The zero-order valence-electron chi connectivity index (χ0n) is 13.5. The first-order valence-corrected chi connectivity index (χ1v) is 7.68. The average Bonchev–Trinajstić information content (AvgIpc) is 2.60. The van der Waals surface area contributed by atoms with E-state index in [-0.39, 0.29) is 5.69 Å². The van der Waals surface area contributed by atoms with Crippen molar-refractivity contribution in [2.75, 3.05) is 6.61 Å². The molecular weight excluding hydrogens is 302 g/mol. The molecule has 0 atom stereocenters. The van der Waals surface area contributed by atoms with E-state index in [0.717, 1.165) is 16.9 Å². The first-order valence-electron chi connectivity index (χ1n) is 7.68. The van der Waals surface area contributed by atoms with Crippen molar-refractivity contribution in [3.05, 3.63) is 94.1 Å². The van der Waals surface area contributed by atoms with Gasteiger partial charge in [0, 0.05) is 12.1 Å². The van der Waals surface area contributed by atoms with Crippen LogP contribution < -0.4 is 4.74 Å². The van der Waals surface area contributed by atoms with Crippen LogP contribution in [0.1, 0.15) is 18.1 Å². The lowest BCUT2D eigenvalue weighted by molar-refractivity contribution is -0.384. The van der Waals surface area contributed by atoms with E-state index in [1.165, 1.54) is 12.1 Å². The molecule has 24 heavy (non-hydrogen) atoms. The normalized spacial score (nSPS) is 11.5. The van der Waals surface area contributed by atoms with Crippen molar-refractivity contribution >= 4 is 17.8 Å². The van der Waals surface area contributed by atoms with Gasteiger partial charge < -0.3 is 4.74 Å². The Hall–Kier alpha value is -3.14. The van der Waals surface area contributed by atoms with Crippen molar-refractivity contribution in [3.8, 4) is 5.75 Å². The molecule has 122 valence electrons. The molecule has 4 nitrogen and oxygen atoms in total. The molecule has 0 aliphatic heterocycles. The summed E-state index contributed by atoms with van der Waals surface area (Å²) in [7, 11) is 0. The Morgan fingerprint density at radius 2 is 1.38 bits per heavy atom. The fraction of sp³-hybridized carbons (Fsp3) is 0.100. The fourth-order valence-corrected chi connectivity index (χ4v) is 2.01. The molecule has 0 N–H and O–H groups in total. The van der Waals surface area contributed by atoms with Crippen LogP contribution in [0.5, 0.6) is 5.75 Å². The number of nitro benzene ring substituents is 1. The van der Waals surface area contributed by atoms with Gasteiger partial charge in [0.25, 0.3) is 5.69 Å². The van der Waals surface area contributed by atoms with Gasteiger partial charge >= 0.3 is 0 Å². The van der Waals surface area contributed by atoms with E-state index in [4.69, 9.17) is 4.74 Å². The molecule has 0 aliphatic rings. The summed E-state index contributed by atoms with van der Waals surface area (Å²) < 4.78 is 5.40. The van der Waals surface area contributed by atoms with Gasteiger partial charge in [-0.25, -0.2) is 0 Å². The second-order valence-electron chi connectivity index (χ2n) is 4.95. The van der Waals surface area contributed by atoms with Gasteiger partial charge in [0.15, 0.2) is 0 Å². The molecule has 2 rings (SSSR count). The highest BCUT2D eigenvalue weighted by atomic mass is 16.6. The van der Waals surface area contributed by atoms with E-state index < -0.39 is 4.92 Å². The van der Waals surface area contributed by atoms with Gasteiger partial charge in [-0.15, -0.1) is 0 Å². The van der Waals surface area contributed by atoms with Gasteiger partial charge in [-0.1, -0.05) is 48.6 Å². The van der Waals surface area contributed by atoms with Gasteiger partial charge in [-0.3, -0.25) is 10.1 Å². The number of ether oxygens (including phenoxy) is 1. The molecule has 0 aromatic heterocycles. The van der Waals surface area contributed by atoms with Gasteiger partial charge in [0.05, 0.1) is 11.5 Å². The van der Waals surface area contributed by atoms with Gasteiger partial charge in [-0.05, 0) is 42.3 Å². The quantitative estimate of drug-likeness (QED) is 0.396. The predicted octanol–water partition coefficient (Wildman–Crippen LogP) is 5.28. The summed E-state index contributed by atoms with van der Waals surface area (Å²) in [6.45, 7) is 2.63. The van der Waals surface area contributed by atoms with E-state index >= 15 is 0 Å². The highest BCUT2D eigenvalue weighted by Crippen LogP contribution is 2.14. The zero-order chi connectivity index (χ0) is 17.2. The van der Waals surface area contributed by atoms with Crippen molar-refractivity contribution in [2.45, 2.75) is 6.92 Å². The van der Waals surface area contributed by atoms with E-state index in [0.29, 0.717) is 6.61 Å². The summed E-state index contributed by atoms with van der Waals surface area (Å²) in [6.07, 6.45) is 11.6. The van der Waals surface area contributed by atoms with E-state index in [1.807, 2.05) is 67.6 Å². The molecule has 0 heterocycles. The maximum absolute atomic E-state index is 10.6. The van der Waals surface area contributed by atoms with Crippen LogP contribution in [0.15, 0.2) is 72.8 Å². The van der Waals surface area contributed by atoms with Crippen LogP contribution in [0, 0.1) is 10.1 Å². The first kappa shape index (κ1) is 17.2. The second-order valence-corrected chi connectivity index (χ2v) is 4.95. The molecule has 0 saturated heterocycles. The lowest BCUT2D eigenvalue weighted by atomic mass is 10.2. The molecule has 0 unspecified atom stereocenters. The minimum Gasteiger partial charge on any atom is -0.494 e. The van der Waals surface area contributed by atoms with Gasteiger partial charge in [0.2, 0.25) is 0 Å². The maximum atomic E-state index is 10.6. The van der Waals surface area contributed by atoms with E-state index in [9.17, 15) is 10.1 Å². The number of hydrogen-bond donors (Lipinski definition) is 0. The molecule has 2 aromatic carbocycles. The third-order valence-electron chi connectivity index (χ3n) is 3.21. The molecular formula is C20H19NO3. The second kappa shape index (κ2) is 9.10. The molecule has 0 saturated carbocycles. The van der Waals surface area contributed by atoms with Crippen LogP contribution in [0.3, 0.4) is 0 Å². The standard InChI is InChI=1S/C20H19NO3/c1-2-24-20-15-11-18(12-16-20)8-6-4-3-5-7-17-9-13-19(14-10-17)21(22)23/h3-16H,2H2,1H3/b4-3-,7-5+,8-6+. The Kier molecular flexibility index (Phi) is 6.53. The average molecular weight is 321 g/mol. The Morgan fingerprint density at radius 1 is 0.875 bits per heavy atom. The Morgan fingerprint density at radius 3 is 1.83 bits per heavy atom. The molecule has 4 heteroatoms. The van der Waals surface area contributed by atoms with Crippen LogP contribution in [-0.2, 0) is 0 Å². The molecule has 0 amide bonds. The topological polar surface area (TPSA) is 52.4 Å². The zero-order valence-corrected chi connectivity index (χ0v) is 13.5. The molecule has 0 spiro atoms. The Labute approximate surface area is 141 Å². The SMILES string of the molecule is CCOc1ccc(/C=C/C=C\C=C\c2ccc([N+](=O)[O-])cc2)cc1. The Bertz CT molecular complexity index is 741. The van der Waals surface area contributed by atoms with Crippen LogP contribution in [0.25, 0.3) is 12.2 Å². The number of non-ortho nitro benzene ring substituents is 1. The number of nitro groups is 1. The number of hydrogen-bond acceptors (Lipinski definition) is 3. The minimum absolute atomic E-state index is 0.0981. The van der Waals surface area contributed by atoms with Crippen molar-refractivity contribution in [1.82, 2.24) is 0 Å². The summed E-state index contributed by atoms with van der Waals surface area (Å²) in [5, 5.41) is 10.6. The molecule has 0 bridgehead atoms. The monoisotopic (exact) mass is 321 g/mol. The van der Waals surface area contributed by atoms with E-state index in [2.05, 4.69) is 0 Å². The van der Waals surface area contributed by atoms with Crippen LogP contribution in [-0.4, -0.2) is 11.5 Å². The van der Waals surface area contributed by atoms with Crippen molar-refractivity contribution in [1.29, 1.82) is 0 Å². The largest absolute Gasteiger partial charge is 0.494 e. The smallest absolute Gasteiger partial charge is 0.269 e. The lowest BCUT2D eigenvalue weighted by Crippen LogP contribution is -1.90. The summed E-state index contributed by atoms with van der Waals surface area (Å²) in [6, 6.07) is 14.3.